The number of para-hydroxylation sites is 1. The Kier molecular flexibility index (Phi) is 5.96. The molecule has 0 bridgehead atoms. The molecule has 0 saturated carbocycles. The molecule has 0 saturated heterocycles. The van der Waals surface area contributed by atoms with Gasteiger partial charge in [0.25, 0.3) is 0 Å². The minimum atomic E-state index is -2.89. The first-order chi connectivity index (χ1) is 13.8. The van der Waals surface area contributed by atoms with E-state index in [-0.39, 0.29) is 17.3 Å². The van der Waals surface area contributed by atoms with Crippen LogP contribution in [0.4, 0.5) is 13.2 Å². The van der Waals surface area contributed by atoms with Crippen molar-refractivity contribution in [3.63, 3.8) is 0 Å². The number of Topliss-reactive ketones (excluding diaryl/α,β-unsaturated/α-hetero) is 1. The molecule has 0 aliphatic rings. The van der Waals surface area contributed by atoms with Crippen LogP contribution in [0.3, 0.4) is 0 Å². The molecule has 0 unspecified atom stereocenters. The molecule has 0 aliphatic heterocycles. The Morgan fingerprint density at radius 1 is 1.00 bits per heavy atom. The van der Waals surface area contributed by atoms with Crippen molar-refractivity contribution >= 4 is 5.78 Å². The van der Waals surface area contributed by atoms with Gasteiger partial charge in [-0.2, -0.15) is 8.78 Å². The lowest BCUT2D eigenvalue weighted by atomic mass is 10.1. The van der Waals surface area contributed by atoms with Gasteiger partial charge in [-0.3, -0.25) is 4.79 Å². The van der Waals surface area contributed by atoms with E-state index in [1.54, 1.807) is 44.2 Å². The molecular formula is C22H20F3NO3. The second kappa shape index (κ2) is 8.43. The van der Waals surface area contributed by atoms with Gasteiger partial charge in [-0.1, -0.05) is 12.1 Å². The van der Waals surface area contributed by atoms with Crippen molar-refractivity contribution in [3.05, 3.63) is 77.4 Å². The Labute approximate surface area is 166 Å². The molecule has 4 nitrogen and oxygen atoms in total. The van der Waals surface area contributed by atoms with Crippen molar-refractivity contribution in [1.29, 1.82) is 0 Å². The molecule has 152 valence electrons. The number of rotatable bonds is 7. The predicted molar refractivity (Wildman–Crippen MR) is 103 cm³/mol. The van der Waals surface area contributed by atoms with Crippen LogP contribution in [-0.4, -0.2) is 23.1 Å². The van der Waals surface area contributed by atoms with E-state index in [0.29, 0.717) is 16.9 Å². The lowest BCUT2D eigenvalue weighted by molar-refractivity contribution is -0.0498. The molecule has 0 aliphatic carbocycles. The highest BCUT2D eigenvalue weighted by molar-refractivity contribution is 6.00. The van der Waals surface area contributed by atoms with E-state index in [2.05, 4.69) is 4.74 Å². The van der Waals surface area contributed by atoms with Crippen LogP contribution in [0.1, 0.15) is 28.7 Å². The number of ketones is 1. The van der Waals surface area contributed by atoms with Gasteiger partial charge in [-0.25, -0.2) is 4.39 Å². The van der Waals surface area contributed by atoms with E-state index in [1.165, 1.54) is 24.3 Å². The first-order valence-corrected chi connectivity index (χ1v) is 8.97. The van der Waals surface area contributed by atoms with Gasteiger partial charge in [-0.05, 0) is 63.2 Å². The van der Waals surface area contributed by atoms with Crippen molar-refractivity contribution in [2.75, 3.05) is 0 Å². The summed E-state index contributed by atoms with van der Waals surface area (Å²) in [5.41, 5.74) is 2.59. The second-order valence-electron chi connectivity index (χ2n) is 6.55. The highest BCUT2D eigenvalue weighted by Crippen LogP contribution is 2.25. The van der Waals surface area contributed by atoms with Gasteiger partial charge in [0, 0.05) is 22.6 Å². The van der Waals surface area contributed by atoms with Crippen LogP contribution < -0.4 is 9.47 Å². The summed E-state index contributed by atoms with van der Waals surface area (Å²) < 4.78 is 50.1. The minimum absolute atomic E-state index is 0.0109. The van der Waals surface area contributed by atoms with Crippen molar-refractivity contribution in [1.82, 2.24) is 4.57 Å². The maximum Gasteiger partial charge on any atom is 0.387 e. The monoisotopic (exact) mass is 403 g/mol. The Morgan fingerprint density at radius 3 is 2.28 bits per heavy atom. The number of hydrogen-bond acceptors (Lipinski definition) is 3. The van der Waals surface area contributed by atoms with Crippen LogP contribution in [0.15, 0.2) is 54.6 Å². The summed E-state index contributed by atoms with van der Waals surface area (Å²) in [5.74, 6) is -0.764. The molecule has 29 heavy (non-hydrogen) atoms. The lowest BCUT2D eigenvalue weighted by Gasteiger charge is -2.15. The zero-order valence-corrected chi connectivity index (χ0v) is 16.2. The van der Waals surface area contributed by atoms with Crippen LogP contribution in [0, 0.1) is 19.7 Å². The van der Waals surface area contributed by atoms with E-state index in [0.717, 1.165) is 5.69 Å². The second-order valence-corrected chi connectivity index (χ2v) is 6.55. The van der Waals surface area contributed by atoms with Crippen LogP contribution >= 0.6 is 0 Å². The fraction of sp³-hybridized carbons (Fsp3) is 0.227. The Balaban J connectivity index is 1.85. The van der Waals surface area contributed by atoms with Gasteiger partial charge in [-0.15, -0.1) is 0 Å². The fourth-order valence-electron chi connectivity index (χ4n) is 3.19. The summed E-state index contributed by atoms with van der Waals surface area (Å²) in [6.45, 7) is 2.28. The molecule has 0 N–H and O–H groups in total. The predicted octanol–water partition coefficient (Wildman–Crippen LogP) is 5.48. The quantitative estimate of drug-likeness (QED) is 0.490. The number of halogens is 3. The summed E-state index contributed by atoms with van der Waals surface area (Å²) in [4.78, 5) is 12.9. The molecule has 1 heterocycles. The molecule has 1 atom stereocenters. The van der Waals surface area contributed by atoms with Gasteiger partial charge >= 0.3 is 6.61 Å². The van der Waals surface area contributed by atoms with Crippen LogP contribution in [0.25, 0.3) is 5.69 Å². The normalized spacial score (nSPS) is 12.1. The highest BCUT2D eigenvalue weighted by atomic mass is 19.3. The summed E-state index contributed by atoms with van der Waals surface area (Å²) in [5, 5.41) is 0. The van der Waals surface area contributed by atoms with Crippen molar-refractivity contribution in [3.8, 4) is 17.2 Å². The average molecular weight is 403 g/mol. The number of aromatic nitrogens is 1. The number of carbonyl (C=O) groups excluding carboxylic acids is 1. The maximum absolute atomic E-state index is 13.8. The number of ether oxygens (including phenoxy) is 2. The van der Waals surface area contributed by atoms with Crippen molar-refractivity contribution in [2.45, 2.75) is 33.5 Å². The average Bonchev–Trinajstić information content (AvgIpc) is 2.97. The molecule has 3 aromatic rings. The number of hydrogen-bond donors (Lipinski definition) is 0. The summed E-state index contributed by atoms with van der Waals surface area (Å²) in [6.07, 6.45) is -0.886. The standard InChI is InChI=1S/C22H20F3NO3/c1-13-12-18(21(27)15(3)28-20-7-5-4-6-19(20)23)14(2)26(13)16-8-10-17(11-9-16)29-22(24)25/h4-12,15,22H,1-3H3/t15-/m1/s1. The van der Waals surface area contributed by atoms with Crippen molar-refractivity contribution in [2.24, 2.45) is 0 Å². The zero-order valence-electron chi connectivity index (χ0n) is 16.2. The van der Waals surface area contributed by atoms with E-state index in [4.69, 9.17) is 4.74 Å². The third kappa shape index (κ3) is 4.45. The molecule has 0 spiro atoms. The van der Waals surface area contributed by atoms with Crippen molar-refractivity contribution < 1.29 is 27.4 Å². The lowest BCUT2D eigenvalue weighted by Crippen LogP contribution is -2.24. The topological polar surface area (TPSA) is 40.5 Å². The van der Waals surface area contributed by atoms with Gasteiger partial charge in [0.2, 0.25) is 5.78 Å². The molecule has 2 aromatic carbocycles. The third-order valence-corrected chi connectivity index (χ3v) is 4.53. The largest absolute Gasteiger partial charge is 0.479 e. The molecular weight excluding hydrogens is 383 g/mol. The van der Waals surface area contributed by atoms with E-state index in [1.807, 2.05) is 11.5 Å². The first kappa shape index (κ1) is 20.5. The first-order valence-electron chi connectivity index (χ1n) is 8.97. The summed E-state index contributed by atoms with van der Waals surface area (Å²) >= 11 is 0. The number of aryl methyl sites for hydroxylation is 1. The van der Waals surface area contributed by atoms with E-state index in [9.17, 15) is 18.0 Å². The number of benzene rings is 2. The molecule has 0 amide bonds. The van der Waals surface area contributed by atoms with Crippen LogP contribution in [-0.2, 0) is 0 Å². The molecule has 0 fully saturated rings. The van der Waals surface area contributed by atoms with Gasteiger partial charge in [0.15, 0.2) is 17.7 Å². The Hall–Kier alpha value is -3.22. The Bertz CT molecular complexity index is 1010. The molecule has 0 radical (unpaired) electrons. The summed E-state index contributed by atoms with van der Waals surface area (Å²) in [6, 6.07) is 13.8. The van der Waals surface area contributed by atoms with E-state index < -0.39 is 18.5 Å². The van der Waals surface area contributed by atoms with E-state index >= 15 is 0 Å². The Morgan fingerprint density at radius 2 is 1.66 bits per heavy atom. The zero-order chi connectivity index (χ0) is 21.1. The summed E-state index contributed by atoms with van der Waals surface area (Å²) in [7, 11) is 0. The van der Waals surface area contributed by atoms with Gasteiger partial charge < -0.3 is 14.0 Å². The SMILES string of the molecule is Cc1cc(C(=O)[C@@H](C)Oc2ccccc2F)c(C)n1-c1ccc(OC(F)F)cc1. The van der Waals surface area contributed by atoms with Gasteiger partial charge in [0.05, 0.1) is 0 Å². The minimum Gasteiger partial charge on any atom is -0.479 e. The molecule has 7 heteroatoms. The molecule has 3 rings (SSSR count). The smallest absolute Gasteiger partial charge is 0.387 e. The number of nitrogens with zero attached hydrogens (tertiary/aromatic N) is 1. The number of carbonyl (C=O) groups is 1. The molecule has 1 aromatic heterocycles. The third-order valence-electron chi connectivity index (χ3n) is 4.53. The maximum atomic E-state index is 13.8. The van der Waals surface area contributed by atoms with Crippen LogP contribution in [0.2, 0.25) is 0 Å². The number of alkyl halides is 2. The van der Waals surface area contributed by atoms with Crippen LogP contribution in [0.5, 0.6) is 11.5 Å². The highest BCUT2D eigenvalue weighted by Gasteiger charge is 2.23. The van der Waals surface area contributed by atoms with Gasteiger partial charge in [0.1, 0.15) is 5.75 Å². The fourth-order valence-corrected chi connectivity index (χ4v) is 3.19.